The number of carbonyl (C=O) groups excluding carboxylic acids is 1. The maximum absolute atomic E-state index is 13.2. The molecule has 5 nitrogen and oxygen atoms in total. The molecule has 1 heterocycles. The molecule has 2 aromatic rings. The van der Waals surface area contributed by atoms with Gasteiger partial charge in [-0.2, -0.15) is 0 Å². The molecular formula is C22H27ClN2O3S. The lowest BCUT2D eigenvalue weighted by molar-refractivity contribution is -0.130. The molecule has 0 bridgehead atoms. The van der Waals surface area contributed by atoms with Crippen molar-refractivity contribution in [1.29, 1.82) is 0 Å². The van der Waals surface area contributed by atoms with Crippen molar-refractivity contribution in [3.8, 4) is 0 Å². The number of sulfone groups is 1. The van der Waals surface area contributed by atoms with Crippen LogP contribution < -0.4 is 4.90 Å². The van der Waals surface area contributed by atoms with Crippen molar-refractivity contribution in [3.63, 3.8) is 0 Å². The minimum atomic E-state index is -3.52. The van der Waals surface area contributed by atoms with Crippen molar-refractivity contribution in [2.24, 2.45) is 0 Å². The summed E-state index contributed by atoms with van der Waals surface area (Å²) in [6.45, 7) is 4.48. The maximum Gasteiger partial charge on any atom is 0.241 e. The molecule has 1 aliphatic heterocycles. The second-order valence-electron chi connectivity index (χ2n) is 7.56. The second-order valence-corrected chi connectivity index (χ2v) is 10.2. The van der Waals surface area contributed by atoms with Crippen molar-refractivity contribution in [1.82, 2.24) is 4.90 Å². The quantitative estimate of drug-likeness (QED) is 0.724. The first-order valence-corrected chi connectivity index (χ1v) is 12.1. The lowest BCUT2D eigenvalue weighted by atomic mass is 10.1. The summed E-state index contributed by atoms with van der Waals surface area (Å²) in [6, 6.07) is 15.1. The van der Waals surface area contributed by atoms with Gasteiger partial charge >= 0.3 is 0 Å². The Hall–Kier alpha value is -2.05. The Balaban J connectivity index is 1.75. The minimum absolute atomic E-state index is 0.201. The van der Waals surface area contributed by atoms with Crippen LogP contribution in [0.4, 0.5) is 5.69 Å². The SMILES string of the molecule is Cc1c(Cl)cccc1N1CCCN(C(=O)C(Cc2ccccc2)S(C)(=O)=O)CC1. The summed E-state index contributed by atoms with van der Waals surface area (Å²) in [7, 11) is -3.52. The highest BCUT2D eigenvalue weighted by atomic mass is 35.5. The standard InChI is InChI=1S/C22H27ClN2O3S/c1-17-19(23)10-6-11-20(17)24-12-7-13-25(15-14-24)22(26)21(29(2,27)28)16-18-8-4-3-5-9-18/h3-6,8-11,21H,7,12-16H2,1-2H3. The Morgan fingerprint density at radius 3 is 2.45 bits per heavy atom. The van der Waals surface area contributed by atoms with Crippen molar-refractivity contribution in [2.75, 3.05) is 37.3 Å². The van der Waals surface area contributed by atoms with E-state index in [0.29, 0.717) is 19.6 Å². The number of nitrogens with zero attached hydrogens (tertiary/aromatic N) is 2. The van der Waals surface area contributed by atoms with Gasteiger partial charge in [0.1, 0.15) is 5.25 Å². The Labute approximate surface area is 178 Å². The van der Waals surface area contributed by atoms with Crippen molar-refractivity contribution >= 4 is 33.0 Å². The van der Waals surface area contributed by atoms with E-state index in [2.05, 4.69) is 4.90 Å². The van der Waals surface area contributed by atoms with Crippen LogP contribution in [0.3, 0.4) is 0 Å². The molecule has 3 rings (SSSR count). The average Bonchev–Trinajstić information content (AvgIpc) is 2.94. The van der Waals surface area contributed by atoms with Gasteiger partial charge in [-0.05, 0) is 43.0 Å². The third-order valence-electron chi connectivity index (χ3n) is 5.44. The predicted molar refractivity (Wildman–Crippen MR) is 118 cm³/mol. The number of rotatable bonds is 5. The predicted octanol–water partition coefficient (Wildman–Crippen LogP) is 3.34. The number of halogens is 1. The van der Waals surface area contributed by atoms with Gasteiger partial charge < -0.3 is 9.80 Å². The number of anilines is 1. The first-order chi connectivity index (χ1) is 13.8. The van der Waals surface area contributed by atoms with E-state index in [0.717, 1.165) is 41.1 Å². The number of benzene rings is 2. The monoisotopic (exact) mass is 434 g/mol. The van der Waals surface area contributed by atoms with Crippen LogP contribution >= 0.6 is 11.6 Å². The van der Waals surface area contributed by atoms with Crippen LogP contribution in [0, 0.1) is 6.92 Å². The van der Waals surface area contributed by atoms with Gasteiger partial charge in [0.25, 0.3) is 0 Å². The molecule has 0 spiro atoms. The molecule has 0 N–H and O–H groups in total. The molecule has 7 heteroatoms. The van der Waals surface area contributed by atoms with E-state index in [4.69, 9.17) is 11.6 Å². The molecule has 1 atom stereocenters. The molecule has 2 aromatic carbocycles. The zero-order valence-corrected chi connectivity index (χ0v) is 18.4. The topological polar surface area (TPSA) is 57.7 Å². The summed E-state index contributed by atoms with van der Waals surface area (Å²) in [6.07, 6.45) is 2.13. The van der Waals surface area contributed by atoms with Crippen molar-refractivity contribution in [2.45, 2.75) is 25.0 Å². The van der Waals surface area contributed by atoms with E-state index in [-0.39, 0.29) is 12.3 Å². The molecule has 156 valence electrons. The molecular weight excluding hydrogens is 408 g/mol. The van der Waals surface area contributed by atoms with Gasteiger partial charge in [0.05, 0.1) is 0 Å². The van der Waals surface area contributed by atoms with Crippen LogP contribution in [0.2, 0.25) is 5.02 Å². The first kappa shape index (κ1) is 21.7. The van der Waals surface area contributed by atoms with Crippen molar-refractivity contribution < 1.29 is 13.2 Å². The number of hydrogen-bond donors (Lipinski definition) is 0. The summed E-state index contributed by atoms with van der Waals surface area (Å²) in [5, 5.41) is -0.330. The largest absolute Gasteiger partial charge is 0.369 e. The second kappa shape index (κ2) is 9.18. The van der Waals surface area contributed by atoms with Gasteiger partial charge in [0.2, 0.25) is 5.91 Å². The van der Waals surface area contributed by atoms with Crippen LogP contribution in [0.5, 0.6) is 0 Å². The average molecular weight is 435 g/mol. The summed E-state index contributed by atoms with van der Waals surface area (Å²) in [4.78, 5) is 17.1. The van der Waals surface area contributed by atoms with Crippen molar-refractivity contribution in [3.05, 3.63) is 64.7 Å². The van der Waals surface area contributed by atoms with Gasteiger partial charge in [-0.1, -0.05) is 48.0 Å². The van der Waals surface area contributed by atoms with Gasteiger partial charge in [-0.15, -0.1) is 0 Å². The fraction of sp³-hybridized carbons (Fsp3) is 0.409. The Morgan fingerprint density at radius 1 is 1.03 bits per heavy atom. The van der Waals surface area contributed by atoms with Gasteiger partial charge in [-0.25, -0.2) is 8.42 Å². The van der Waals surface area contributed by atoms with Crippen LogP contribution in [0.15, 0.2) is 48.5 Å². The minimum Gasteiger partial charge on any atom is -0.369 e. The molecule has 0 aliphatic carbocycles. The molecule has 29 heavy (non-hydrogen) atoms. The fourth-order valence-electron chi connectivity index (χ4n) is 3.77. The Kier molecular flexibility index (Phi) is 6.85. The summed E-state index contributed by atoms with van der Waals surface area (Å²) < 4.78 is 24.8. The van der Waals surface area contributed by atoms with E-state index in [1.807, 2.05) is 55.5 Å². The molecule has 1 amide bonds. The molecule has 0 aromatic heterocycles. The van der Waals surface area contributed by atoms with Crippen LogP contribution in [-0.4, -0.2) is 56.9 Å². The molecule has 1 fully saturated rings. The van der Waals surface area contributed by atoms with E-state index in [1.54, 1.807) is 4.90 Å². The zero-order valence-electron chi connectivity index (χ0n) is 16.8. The summed E-state index contributed by atoms with van der Waals surface area (Å²) in [5.74, 6) is -0.305. The third-order valence-corrected chi connectivity index (χ3v) is 7.25. The smallest absolute Gasteiger partial charge is 0.241 e. The molecule has 1 unspecified atom stereocenters. The van der Waals surface area contributed by atoms with E-state index in [9.17, 15) is 13.2 Å². The number of carbonyl (C=O) groups is 1. The third kappa shape index (κ3) is 5.31. The summed E-state index contributed by atoms with van der Waals surface area (Å²) >= 11 is 6.26. The fourth-order valence-corrected chi connectivity index (χ4v) is 4.95. The summed E-state index contributed by atoms with van der Waals surface area (Å²) in [5.41, 5.74) is 2.94. The lowest BCUT2D eigenvalue weighted by Crippen LogP contribution is -2.45. The van der Waals surface area contributed by atoms with Gasteiger partial charge in [0, 0.05) is 43.1 Å². The van der Waals surface area contributed by atoms with E-state index < -0.39 is 15.1 Å². The Morgan fingerprint density at radius 2 is 1.76 bits per heavy atom. The highest BCUT2D eigenvalue weighted by Crippen LogP contribution is 2.27. The van der Waals surface area contributed by atoms with Crippen LogP contribution in [0.1, 0.15) is 17.5 Å². The van der Waals surface area contributed by atoms with Crippen LogP contribution in [0.25, 0.3) is 0 Å². The van der Waals surface area contributed by atoms with Gasteiger partial charge in [0.15, 0.2) is 9.84 Å². The Bertz CT molecular complexity index is 963. The van der Waals surface area contributed by atoms with E-state index in [1.165, 1.54) is 0 Å². The maximum atomic E-state index is 13.2. The zero-order chi connectivity index (χ0) is 21.0. The van der Waals surface area contributed by atoms with Crippen LogP contribution in [-0.2, 0) is 21.1 Å². The first-order valence-electron chi connectivity index (χ1n) is 9.79. The molecule has 1 saturated heterocycles. The molecule has 0 saturated carbocycles. The highest BCUT2D eigenvalue weighted by molar-refractivity contribution is 7.92. The normalized spacial score (nSPS) is 16.4. The highest BCUT2D eigenvalue weighted by Gasteiger charge is 2.33. The molecule has 1 aliphatic rings. The number of hydrogen-bond acceptors (Lipinski definition) is 4. The lowest BCUT2D eigenvalue weighted by Gasteiger charge is -2.27. The van der Waals surface area contributed by atoms with E-state index >= 15 is 0 Å². The van der Waals surface area contributed by atoms with Gasteiger partial charge in [-0.3, -0.25) is 4.79 Å². The number of amides is 1. The molecule has 0 radical (unpaired) electrons.